The SMILES string of the molecule is COc1ccccc1NC(=O)NCCCN(C(=O)Nc1ccc(Cl)c(Cl)c1)c1ccc(F)cc1. The lowest BCUT2D eigenvalue weighted by Gasteiger charge is -2.23. The number of rotatable bonds is 8. The highest BCUT2D eigenvalue weighted by molar-refractivity contribution is 6.42. The summed E-state index contributed by atoms with van der Waals surface area (Å²) in [6, 6.07) is 16.5. The molecule has 0 aliphatic heterocycles. The van der Waals surface area contributed by atoms with Crippen LogP contribution in [0.2, 0.25) is 10.0 Å². The smallest absolute Gasteiger partial charge is 0.326 e. The van der Waals surface area contributed by atoms with Gasteiger partial charge in [-0.15, -0.1) is 0 Å². The topological polar surface area (TPSA) is 82.7 Å². The summed E-state index contributed by atoms with van der Waals surface area (Å²) < 4.78 is 18.6. The standard InChI is InChI=1S/C24H23Cl2FN4O3/c1-34-22-6-3-2-5-21(22)30-23(32)28-13-4-14-31(18-10-7-16(27)8-11-18)24(33)29-17-9-12-19(25)20(26)15-17/h2-3,5-12,15H,4,13-14H2,1H3,(H,29,33)(H2,28,30,32). The Hall–Kier alpha value is -3.49. The van der Waals surface area contributed by atoms with E-state index in [1.807, 2.05) is 0 Å². The molecule has 0 spiro atoms. The van der Waals surface area contributed by atoms with Crippen LogP contribution in [0.3, 0.4) is 0 Å². The zero-order valence-corrected chi connectivity index (χ0v) is 19.8. The maximum atomic E-state index is 13.4. The van der Waals surface area contributed by atoms with Crippen molar-refractivity contribution in [3.63, 3.8) is 0 Å². The number of urea groups is 2. The molecule has 0 saturated heterocycles. The number of benzene rings is 3. The third-order valence-corrected chi connectivity index (χ3v) is 5.49. The van der Waals surface area contributed by atoms with Crippen LogP contribution in [0.4, 0.5) is 31.0 Å². The highest BCUT2D eigenvalue weighted by Gasteiger charge is 2.17. The largest absolute Gasteiger partial charge is 0.495 e. The van der Waals surface area contributed by atoms with E-state index in [1.54, 1.807) is 36.4 Å². The molecule has 3 rings (SSSR count). The molecular formula is C24H23Cl2FN4O3. The van der Waals surface area contributed by atoms with Crippen LogP contribution in [-0.2, 0) is 0 Å². The molecule has 34 heavy (non-hydrogen) atoms. The predicted molar refractivity (Wildman–Crippen MR) is 134 cm³/mol. The summed E-state index contributed by atoms with van der Waals surface area (Å²) in [7, 11) is 1.52. The monoisotopic (exact) mass is 504 g/mol. The molecule has 0 unspecified atom stereocenters. The first-order chi connectivity index (χ1) is 16.4. The molecule has 178 valence electrons. The maximum absolute atomic E-state index is 13.4. The van der Waals surface area contributed by atoms with Crippen LogP contribution in [0.15, 0.2) is 66.7 Å². The summed E-state index contributed by atoms with van der Waals surface area (Å²) in [4.78, 5) is 26.6. The normalized spacial score (nSPS) is 10.4. The van der Waals surface area contributed by atoms with Crippen molar-refractivity contribution in [1.29, 1.82) is 0 Å². The van der Waals surface area contributed by atoms with Crippen molar-refractivity contribution in [1.82, 2.24) is 5.32 Å². The number of carbonyl (C=O) groups is 2. The Labute approximate surface area is 206 Å². The van der Waals surface area contributed by atoms with E-state index in [4.69, 9.17) is 27.9 Å². The first kappa shape index (κ1) is 25.1. The van der Waals surface area contributed by atoms with E-state index in [0.717, 1.165) is 0 Å². The summed E-state index contributed by atoms with van der Waals surface area (Å²) in [5.41, 5.74) is 1.50. The van der Waals surface area contributed by atoms with E-state index < -0.39 is 17.9 Å². The lowest BCUT2D eigenvalue weighted by Crippen LogP contribution is -2.38. The second kappa shape index (κ2) is 12.1. The van der Waals surface area contributed by atoms with Crippen molar-refractivity contribution in [2.45, 2.75) is 6.42 Å². The third-order valence-electron chi connectivity index (χ3n) is 4.75. The van der Waals surface area contributed by atoms with E-state index >= 15 is 0 Å². The molecule has 0 fully saturated rings. The molecule has 0 radical (unpaired) electrons. The lowest BCUT2D eigenvalue weighted by atomic mass is 10.2. The van der Waals surface area contributed by atoms with Crippen LogP contribution < -0.4 is 25.6 Å². The van der Waals surface area contributed by atoms with Gasteiger partial charge in [0.1, 0.15) is 11.6 Å². The Bertz CT molecular complexity index is 1150. The molecule has 0 atom stereocenters. The Morgan fingerprint density at radius 3 is 2.41 bits per heavy atom. The molecule has 0 aromatic heterocycles. The number of hydrogen-bond donors (Lipinski definition) is 3. The summed E-state index contributed by atoms with van der Waals surface area (Å²) in [6.45, 7) is 0.548. The van der Waals surface area contributed by atoms with Gasteiger partial charge in [-0.05, 0) is 61.0 Å². The second-order valence-corrected chi connectivity index (χ2v) is 7.94. The van der Waals surface area contributed by atoms with E-state index in [9.17, 15) is 14.0 Å². The van der Waals surface area contributed by atoms with Gasteiger partial charge in [0.2, 0.25) is 0 Å². The van der Waals surface area contributed by atoms with Crippen molar-refractivity contribution in [2.75, 3.05) is 35.7 Å². The third kappa shape index (κ3) is 7.00. The van der Waals surface area contributed by atoms with Crippen LogP contribution in [0, 0.1) is 5.82 Å². The number of amides is 4. The fourth-order valence-electron chi connectivity index (χ4n) is 3.09. The zero-order valence-electron chi connectivity index (χ0n) is 18.3. The van der Waals surface area contributed by atoms with Gasteiger partial charge < -0.3 is 20.7 Å². The molecule has 7 nitrogen and oxygen atoms in total. The minimum absolute atomic E-state index is 0.258. The fraction of sp³-hybridized carbons (Fsp3) is 0.167. The average Bonchev–Trinajstić information content (AvgIpc) is 2.82. The predicted octanol–water partition coefficient (Wildman–Crippen LogP) is 6.39. The molecule has 0 aliphatic rings. The van der Waals surface area contributed by atoms with E-state index in [-0.39, 0.29) is 6.54 Å². The molecule has 0 heterocycles. The molecule has 0 aliphatic carbocycles. The molecular weight excluding hydrogens is 482 g/mol. The van der Waals surface area contributed by atoms with Crippen molar-refractivity contribution < 1.29 is 18.7 Å². The molecule has 10 heteroatoms. The van der Waals surface area contributed by atoms with Crippen LogP contribution in [0.1, 0.15) is 6.42 Å². The van der Waals surface area contributed by atoms with Gasteiger partial charge >= 0.3 is 12.1 Å². The van der Waals surface area contributed by atoms with Gasteiger partial charge in [-0.1, -0.05) is 35.3 Å². The molecule has 3 aromatic carbocycles. The average molecular weight is 505 g/mol. The zero-order chi connectivity index (χ0) is 24.5. The van der Waals surface area contributed by atoms with Gasteiger partial charge in [-0.3, -0.25) is 4.90 Å². The molecule has 0 saturated carbocycles. The number of para-hydroxylation sites is 2. The van der Waals surface area contributed by atoms with Crippen LogP contribution in [0.25, 0.3) is 0 Å². The van der Waals surface area contributed by atoms with Crippen molar-refractivity contribution in [2.24, 2.45) is 0 Å². The number of ether oxygens (including phenoxy) is 1. The Kier molecular flexibility index (Phi) is 8.95. The first-order valence-corrected chi connectivity index (χ1v) is 11.1. The van der Waals surface area contributed by atoms with Gasteiger partial charge in [-0.2, -0.15) is 0 Å². The number of anilines is 3. The molecule has 3 N–H and O–H groups in total. The number of methoxy groups -OCH3 is 1. The Morgan fingerprint density at radius 1 is 0.971 bits per heavy atom. The minimum atomic E-state index is -0.441. The highest BCUT2D eigenvalue weighted by atomic mass is 35.5. The van der Waals surface area contributed by atoms with Crippen LogP contribution >= 0.6 is 23.2 Å². The van der Waals surface area contributed by atoms with Crippen molar-refractivity contribution in [3.8, 4) is 5.75 Å². The minimum Gasteiger partial charge on any atom is -0.495 e. The Balaban J connectivity index is 1.60. The van der Waals surface area contributed by atoms with Crippen LogP contribution in [-0.4, -0.2) is 32.3 Å². The van der Waals surface area contributed by atoms with Crippen molar-refractivity contribution in [3.05, 3.63) is 82.6 Å². The van der Waals surface area contributed by atoms with E-state index in [0.29, 0.717) is 45.8 Å². The molecule has 3 aromatic rings. The number of halogens is 3. The number of nitrogens with one attached hydrogen (secondary N) is 3. The fourth-order valence-corrected chi connectivity index (χ4v) is 3.39. The summed E-state index contributed by atoms with van der Waals surface area (Å²) in [6.07, 6.45) is 0.436. The van der Waals surface area contributed by atoms with Gasteiger partial charge in [0, 0.05) is 24.5 Å². The lowest BCUT2D eigenvalue weighted by molar-refractivity contribution is 0.252. The quantitative estimate of drug-likeness (QED) is 0.310. The number of hydrogen-bond acceptors (Lipinski definition) is 3. The molecule has 0 bridgehead atoms. The van der Waals surface area contributed by atoms with Crippen molar-refractivity contribution >= 4 is 52.3 Å². The van der Waals surface area contributed by atoms with Crippen LogP contribution in [0.5, 0.6) is 5.75 Å². The summed E-state index contributed by atoms with van der Waals surface area (Å²) in [5.74, 6) is 0.127. The number of nitrogens with zero attached hydrogens (tertiary/aromatic N) is 1. The first-order valence-electron chi connectivity index (χ1n) is 10.3. The number of carbonyl (C=O) groups excluding carboxylic acids is 2. The van der Waals surface area contributed by atoms with Gasteiger partial charge in [0.25, 0.3) is 0 Å². The van der Waals surface area contributed by atoms with E-state index in [2.05, 4.69) is 16.0 Å². The summed E-state index contributed by atoms with van der Waals surface area (Å²) >= 11 is 12.0. The molecule has 4 amide bonds. The second-order valence-electron chi connectivity index (χ2n) is 7.12. The van der Waals surface area contributed by atoms with Gasteiger partial charge in [-0.25, -0.2) is 14.0 Å². The van der Waals surface area contributed by atoms with E-state index in [1.165, 1.54) is 42.3 Å². The Morgan fingerprint density at radius 2 is 1.71 bits per heavy atom. The summed E-state index contributed by atoms with van der Waals surface area (Å²) in [5, 5.41) is 8.89. The highest BCUT2D eigenvalue weighted by Crippen LogP contribution is 2.26. The van der Waals surface area contributed by atoms with Gasteiger partial charge in [0.15, 0.2) is 0 Å². The van der Waals surface area contributed by atoms with Gasteiger partial charge in [0.05, 0.1) is 22.8 Å². The maximum Gasteiger partial charge on any atom is 0.326 e.